The van der Waals surface area contributed by atoms with Gasteiger partial charge < -0.3 is 0 Å². The van der Waals surface area contributed by atoms with Crippen molar-refractivity contribution in [3.8, 4) is 0 Å². The van der Waals surface area contributed by atoms with Gasteiger partial charge in [-0.1, -0.05) is 57.3 Å². The molecular formula is C14H9BrCl2N2O. The van der Waals surface area contributed by atoms with E-state index >= 15 is 0 Å². The second kappa shape index (κ2) is 6.88. The van der Waals surface area contributed by atoms with Gasteiger partial charge >= 0.3 is 0 Å². The third kappa shape index (κ3) is 3.82. The van der Waals surface area contributed by atoms with Crippen molar-refractivity contribution in [2.24, 2.45) is 5.10 Å². The Morgan fingerprint density at radius 2 is 1.95 bits per heavy atom. The Bertz CT molecular complexity index is 674. The van der Waals surface area contributed by atoms with E-state index in [0.29, 0.717) is 10.6 Å². The molecule has 0 radical (unpaired) electrons. The molecule has 1 amide bonds. The van der Waals surface area contributed by atoms with Crippen molar-refractivity contribution in [2.45, 2.75) is 0 Å². The molecule has 20 heavy (non-hydrogen) atoms. The molecule has 0 spiro atoms. The molecule has 102 valence electrons. The summed E-state index contributed by atoms with van der Waals surface area (Å²) in [6, 6.07) is 12.2. The second-order valence-corrected chi connectivity index (χ2v) is 5.54. The number of benzene rings is 2. The Hall–Kier alpha value is -1.36. The van der Waals surface area contributed by atoms with Gasteiger partial charge in [0.25, 0.3) is 5.91 Å². The van der Waals surface area contributed by atoms with Gasteiger partial charge in [0.2, 0.25) is 0 Å². The van der Waals surface area contributed by atoms with E-state index < -0.39 is 5.91 Å². The SMILES string of the molecule is O=C(NN=Cc1ccccc1Br)c1ccc(Cl)cc1Cl. The third-order valence-corrected chi connectivity index (χ3v) is 3.72. The van der Waals surface area contributed by atoms with Crippen LogP contribution in [0.15, 0.2) is 52.0 Å². The highest BCUT2D eigenvalue weighted by molar-refractivity contribution is 9.10. The molecule has 0 unspecified atom stereocenters. The van der Waals surface area contributed by atoms with Crippen LogP contribution in [-0.4, -0.2) is 12.1 Å². The summed E-state index contributed by atoms with van der Waals surface area (Å²) in [5.41, 5.74) is 3.59. The summed E-state index contributed by atoms with van der Waals surface area (Å²) < 4.78 is 0.891. The van der Waals surface area contributed by atoms with Gasteiger partial charge in [-0.05, 0) is 24.3 Å². The highest BCUT2D eigenvalue weighted by Crippen LogP contribution is 2.20. The van der Waals surface area contributed by atoms with E-state index in [1.54, 1.807) is 18.3 Å². The van der Waals surface area contributed by atoms with Gasteiger partial charge in [-0.25, -0.2) is 5.43 Å². The van der Waals surface area contributed by atoms with Gasteiger partial charge in [0.15, 0.2) is 0 Å². The third-order valence-electron chi connectivity index (χ3n) is 2.45. The highest BCUT2D eigenvalue weighted by Gasteiger charge is 2.09. The molecule has 0 aliphatic heterocycles. The molecule has 0 atom stereocenters. The Morgan fingerprint density at radius 1 is 1.20 bits per heavy atom. The average molecular weight is 372 g/mol. The Balaban J connectivity index is 2.07. The molecule has 0 heterocycles. The molecule has 0 saturated carbocycles. The lowest BCUT2D eigenvalue weighted by Crippen LogP contribution is -2.18. The number of amides is 1. The molecule has 0 aliphatic rings. The molecule has 0 aliphatic carbocycles. The maximum Gasteiger partial charge on any atom is 0.272 e. The van der Waals surface area contributed by atoms with E-state index in [9.17, 15) is 4.79 Å². The molecule has 2 rings (SSSR count). The maximum atomic E-state index is 11.9. The van der Waals surface area contributed by atoms with Gasteiger partial charge in [-0.15, -0.1) is 0 Å². The first-order valence-electron chi connectivity index (χ1n) is 5.61. The smallest absolute Gasteiger partial charge is 0.267 e. The molecule has 0 bridgehead atoms. The summed E-state index contributed by atoms with van der Waals surface area (Å²) in [6.07, 6.45) is 1.55. The predicted octanol–water partition coefficient (Wildman–Crippen LogP) is 4.52. The Morgan fingerprint density at radius 3 is 2.65 bits per heavy atom. The van der Waals surface area contributed by atoms with Crippen molar-refractivity contribution in [1.82, 2.24) is 5.43 Å². The number of rotatable bonds is 3. The lowest BCUT2D eigenvalue weighted by Gasteiger charge is -2.03. The van der Waals surface area contributed by atoms with Crippen LogP contribution >= 0.6 is 39.1 Å². The summed E-state index contributed by atoms with van der Waals surface area (Å²) in [7, 11) is 0. The lowest BCUT2D eigenvalue weighted by molar-refractivity contribution is 0.0955. The highest BCUT2D eigenvalue weighted by atomic mass is 79.9. The Labute approximate surface area is 134 Å². The number of halogens is 3. The number of hydrazone groups is 1. The minimum atomic E-state index is -0.394. The van der Waals surface area contributed by atoms with Gasteiger partial charge in [0, 0.05) is 15.1 Å². The molecule has 2 aromatic carbocycles. The minimum absolute atomic E-state index is 0.283. The van der Waals surface area contributed by atoms with Gasteiger partial charge in [-0.3, -0.25) is 4.79 Å². The van der Waals surface area contributed by atoms with Crippen LogP contribution in [-0.2, 0) is 0 Å². The molecule has 6 heteroatoms. The second-order valence-electron chi connectivity index (χ2n) is 3.84. The zero-order valence-corrected chi connectivity index (χ0v) is 13.2. The molecular weight excluding hydrogens is 363 g/mol. The predicted molar refractivity (Wildman–Crippen MR) is 85.7 cm³/mol. The van der Waals surface area contributed by atoms with Gasteiger partial charge in [0.05, 0.1) is 16.8 Å². The van der Waals surface area contributed by atoms with E-state index in [-0.39, 0.29) is 5.02 Å². The lowest BCUT2D eigenvalue weighted by atomic mass is 10.2. The van der Waals surface area contributed by atoms with Crippen molar-refractivity contribution in [2.75, 3.05) is 0 Å². The van der Waals surface area contributed by atoms with Gasteiger partial charge in [-0.2, -0.15) is 5.10 Å². The standard InChI is InChI=1S/C14H9BrCl2N2O/c15-12-4-2-1-3-9(12)8-18-19-14(20)11-6-5-10(16)7-13(11)17/h1-8H,(H,19,20). The topological polar surface area (TPSA) is 41.5 Å². The van der Waals surface area contributed by atoms with E-state index in [0.717, 1.165) is 10.0 Å². The summed E-state index contributed by atoms with van der Waals surface area (Å²) in [6.45, 7) is 0. The van der Waals surface area contributed by atoms with Crippen LogP contribution in [0, 0.1) is 0 Å². The van der Waals surface area contributed by atoms with Crippen LogP contribution in [0.5, 0.6) is 0 Å². The number of carbonyl (C=O) groups excluding carboxylic acids is 1. The molecule has 1 N–H and O–H groups in total. The fourth-order valence-electron chi connectivity index (χ4n) is 1.47. The Kier molecular flexibility index (Phi) is 5.17. The van der Waals surface area contributed by atoms with Crippen LogP contribution in [0.2, 0.25) is 10.0 Å². The van der Waals surface area contributed by atoms with Crippen molar-refractivity contribution in [3.05, 3.63) is 68.1 Å². The normalized spacial score (nSPS) is 10.8. The van der Waals surface area contributed by atoms with Crippen molar-refractivity contribution < 1.29 is 4.79 Å². The summed E-state index contributed by atoms with van der Waals surface area (Å²) in [4.78, 5) is 11.9. The van der Waals surface area contributed by atoms with Crippen LogP contribution in [0.1, 0.15) is 15.9 Å². The van der Waals surface area contributed by atoms with E-state index in [1.807, 2.05) is 24.3 Å². The summed E-state index contributed by atoms with van der Waals surface area (Å²) in [5, 5.41) is 4.65. The fourth-order valence-corrected chi connectivity index (χ4v) is 2.36. The minimum Gasteiger partial charge on any atom is -0.267 e. The van der Waals surface area contributed by atoms with Gasteiger partial charge in [0.1, 0.15) is 0 Å². The van der Waals surface area contributed by atoms with Crippen LogP contribution in [0.25, 0.3) is 0 Å². The molecule has 0 saturated heterocycles. The maximum absolute atomic E-state index is 11.9. The largest absolute Gasteiger partial charge is 0.272 e. The molecule has 0 aromatic heterocycles. The number of nitrogens with one attached hydrogen (secondary N) is 1. The first-order chi connectivity index (χ1) is 9.58. The fraction of sp³-hybridized carbons (Fsp3) is 0. The monoisotopic (exact) mass is 370 g/mol. The van der Waals surface area contributed by atoms with E-state index in [4.69, 9.17) is 23.2 Å². The average Bonchev–Trinajstić information content (AvgIpc) is 2.40. The number of carbonyl (C=O) groups is 1. The molecule has 0 fully saturated rings. The van der Waals surface area contributed by atoms with Crippen molar-refractivity contribution >= 4 is 51.3 Å². The summed E-state index contributed by atoms with van der Waals surface area (Å²) >= 11 is 15.1. The van der Waals surface area contributed by atoms with E-state index in [1.165, 1.54) is 6.07 Å². The summed E-state index contributed by atoms with van der Waals surface area (Å²) in [5.74, 6) is -0.394. The first kappa shape index (κ1) is 15.0. The quantitative estimate of drug-likeness (QED) is 0.625. The van der Waals surface area contributed by atoms with Crippen molar-refractivity contribution in [3.63, 3.8) is 0 Å². The first-order valence-corrected chi connectivity index (χ1v) is 7.16. The molecule has 2 aromatic rings. The number of hydrogen-bond acceptors (Lipinski definition) is 2. The van der Waals surface area contributed by atoms with Crippen LogP contribution < -0.4 is 5.43 Å². The zero-order chi connectivity index (χ0) is 14.5. The number of nitrogens with zero attached hydrogens (tertiary/aromatic N) is 1. The van der Waals surface area contributed by atoms with Crippen molar-refractivity contribution in [1.29, 1.82) is 0 Å². The molecule has 3 nitrogen and oxygen atoms in total. The van der Waals surface area contributed by atoms with Crippen LogP contribution in [0.4, 0.5) is 0 Å². The van der Waals surface area contributed by atoms with E-state index in [2.05, 4.69) is 26.5 Å². The zero-order valence-electron chi connectivity index (χ0n) is 10.1. The number of hydrogen-bond donors (Lipinski definition) is 1. The van der Waals surface area contributed by atoms with Crippen LogP contribution in [0.3, 0.4) is 0 Å².